The van der Waals surface area contributed by atoms with E-state index in [-0.39, 0.29) is 0 Å². The topological polar surface area (TPSA) is 9.23 Å². The van der Waals surface area contributed by atoms with Crippen LogP contribution >= 0.6 is 34.8 Å². The summed E-state index contributed by atoms with van der Waals surface area (Å²) in [6.45, 7) is 4.67. The number of hydrogen-bond acceptors (Lipinski definition) is 1. The third-order valence-corrected chi connectivity index (χ3v) is 4.89. The third kappa shape index (κ3) is 5.60. The Morgan fingerprint density at radius 2 is 1.45 bits per heavy atom. The standard InChI is InChI=1S/C18H27Cl3O/c1-3-5-6-7-8-12-15-17(22-4-2,18(19,20)21)16-13-10-9-11-14-16/h9-11,13-14H,3-8,12,15H2,1-2H3. The monoisotopic (exact) mass is 364 g/mol. The molecule has 0 amide bonds. The lowest BCUT2D eigenvalue weighted by Crippen LogP contribution is -2.43. The van der Waals surface area contributed by atoms with Crippen LogP contribution in [-0.4, -0.2) is 10.4 Å². The zero-order valence-corrected chi connectivity index (χ0v) is 15.9. The van der Waals surface area contributed by atoms with Crippen LogP contribution in [0.4, 0.5) is 0 Å². The lowest BCUT2D eigenvalue weighted by atomic mass is 9.88. The summed E-state index contributed by atoms with van der Waals surface area (Å²) < 4.78 is 4.52. The summed E-state index contributed by atoms with van der Waals surface area (Å²) in [4.78, 5) is 0. The molecule has 0 N–H and O–H groups in total. The molecule has 0 aliphatic heterocycles. The highest BCUT2D eigenvalue weighted by Gasteiger charge is 2.50. The van der Waals surface area contributed by atoms with Crippen molar-refractivity contribution in [3.05, 3.63) is 35.9 Å². The van der Waals surface area contributed by atoms with Gasteiger partial charge in [-0.1, -0.05) is 111 Å². The summed E-state index contributed by atoms with van der Waals surface area (Å²) in [6, 6.07) is 9.84. The fourth-order valence-corrected chi connectivity index (χ4v) is 3.57. The molecule has 0 saturated carbocycles. The number of ether oxygens (including phenoxy) is 1. The Bertz CT molecular complexity index is 403. The van der Waals surface area contributed by atoms with E-state index in [1.807, 2.05) is 37.3 Å². The van der Waals surface area contributed by atoms with Crippen LogP contribution in [0.1, 0.15) is 64.4 Å². The summed E-state index contributed by atoms with van der Waals surface area (Å²) in [7, 11) is 0. The van der Waals surface area contributed by atoms with Gasteiger partial charge in [0.05, 0.1) is 0 Å². The Labute approximate surface area is 150 Å². The highest BCUT2D eigenvalue weighted by molar-refractivity contribution is 6.68. The molecule has 4 heteroatoms. The van der Waals surface area contributed by atoms with E-state index in [1.165, 1.54) is 25.7 Å². The Hall–Kier alpha value is 0.0500. The molecule has 0 aliphatic carbocycles. The number of halogens is 3. The summed E-state index contributed by atoms with van der Waals surface area (Å²) in [5.74, 6) is 0. The van der Waals surface area contributed by atoms with E-state index in [0.29, 0.717) is 13.0 Å². The molecule has 1 nitrogen and oxygen atoms in total. The predicted octanol–water partition coefficient (Wildman–Crippen LogP) is 7.04. The molecule has 1 atom stereocenters. The molecule has 0 fully saturated rings. The van der Waals surface area contributed by atoms with Crippen molar-refractivity contribution in [2.24, 2.45) is 0 Å². The summed E-state index contributed by atoms with van der Waals surface area (Å²) in [5, 5.41) is 0. The second-order valence-electron chi connectivity index (χ2n) is 5.64. The molecule has 0 bridgehead atoms. The first-order valence-electron chi connectivity index (χ1n) is 8.24. The van der Waals surface area contributed by atoms with Crippen molar-refractivity contribution in [3.8, 4) is 0 Å². The number of alkyl halides is 3. The molecule has 0 heterocycles. The third-order valence-electron chi connectivity index (χ3n) is 3.97. The van der Waals surface area contributed by atoms with Gasteiger partial charge in [0.25, 0.3) is 0 Å². The van der Waals surface area contributed by atoms with Gasteiger partial charge in [0.2, 0.25) is 3.79 Å². The van der Waals surface area contributed by atoms with Gasteiger partial charge >= 0.3 is 0 Å². The highest BCUT2D eigenvalue weighted by Crippen LogP contribution is 2.50. The zero-order chi connectivity index (χ0) is 16.5. The van der Waals surface area contributed by atoms with Crippen molar-refractivity contribution in [2.75, 3.05) is 6.61 Å². The molecule has 1 rings (SSSR count). The van der Waals surface area contributed by atoms with Gasteiger partial charge < -0.3 is 4.74 Å². The van der Waals surface area contributed by atoms with Crippen molar-refractivity contribution < 1.29 is 4.74 Å². The summed E-state index contributed by atoms with van der Waals surface area (Å²) >= 11 is 19.0. The molecule has 1 aromatic rings. The smallest absolute Gasteiger partial charge is 0.223 e. The molecule has 126 valence electrons. The van der Waals surface area contributed by atoms with Crippen LogP contribution in [-0.2, 0) is 10.3 Å². The Morgan fingerprint density at radius 3 is 2.00 bits per heavy atom. The van der Waals surface area contributed by atoms with E-state index in [9.17, 15) is 0 Å². The van der Waals surface area contributed by atoms with Gasteiger partial charge in [-0.2, -0.15) is 0 Å². The maximum Gasteiger partial charge on any atom is 0.223 e. The normalized spacial score (nSPS) is 14.8. The van der Waals surface area contributed by atoms with Crippen LogP contribution in [0.5, 0.6) is 0 Å². The molecule has 0 aliphatic rings. The van der Waals surface area contributed by atoms with Gasteiger partial charge in [-0.15, -0.1) is 0 Å². The van der Waals surface area contributed by atoms with E-state index < -0.39 is 9.39 Å². The fourth-order valence-electron chi connectivity index (χ4n) is 2.80. The minimum atomic E-state index is -1.49. The van der Waals surface area contributed by atoms with Crippen molar-refractivity contribution in [1.82, 2.24) is 0 Å². The summed E-state index contributed by atoms with van der Waals surface area (Å²) in [6.07, 6.45) is 7.89. The van der Waals surface area contributed by atoms with Crippen LogP contribution in [0.2, 0.25) is 0 Å². The van der Waals surface area contributed by atoms with Crippen LogP contribution in [0.25, 0.3) is 0 Å². The van der Waals surface area contributed by atoms with Crippen molar-refractivity contribution >= 4 is 34.8 Å². The first-order chi connectivity index (χ1) is 10.5. The van der Waals surface area contributed by atoms with Gasteiger partial charge in [0.1, 0.15) is 5.60 Å². The van der Waals surface area contributed by atoms with Crippen LogP contribution in [0.3, 0.4) is 0 Å². The van der Waals surface area contributed by atoms with E-state index >= 15 is 0 Å². The first-order valence-corrected chi connectivity index (χ1v) is 9.37. The average Bonchev–Trinajstić information content (AvgIpc) is 2.49. The molecule has 1 aromatic carbocycles. The minimum Gasteiger partial charge on any atom is -0.366 e. The van der Waals surface area contributed by atoms with E-state index in [0.717, 1.165) is 18.4 Å². The average molecular weight is 366 g/mol. The molecule has 0 radical (unpaired) electrons. The molecular formula is C18H27Cl3O. The van der Waals surface area contributed by atoms with E-state index in [1.54, 1.807) is 0 Å². The van der Waals surface area contributed by atoms with E-state index in [4.69, 9.17) is 39.5 Å². The SMILES string of the molecule is CCCCCCCCC(OCC)(c1ccccc1)C(Cl)(Cl)Cl. The summed E-state index contributed by atoms with van der Waals surface area (Å²) in [5.41, 5.74) is 0.0590. The number of benzene rings is 1. The number of hydrogen-bond donors (Lipinski definition) is 0. The largest absolute Gasteiger partial charge is 0.366 e. The molecular weight excluding hydrogens is 339 g/mol. The van der Waals surface area contributed by atoms with Gasteiger partial charge in [0.15, 0.2) is 0 Å². The number of unbranched alkanes of at least 4 members (excludes halogenated alkanes) is 5. The van der Waals surface area contributed by atoms with Crippen molar-refractivity contribution in [2.45, 2.75) is 68.2 Å². The van der Waals surface area contributed by atoms with Gasteiger partial charge in [0, 0.05) is 6.61 Å². The zero-order valence-electron chi connectivity index (χ0n) is 13.6. The Balaban J connectivity index is 2.82. The Kier molecular flexibility index (Phi) is 9.16. The molecule has 0 saturated heterocycles. The number of rotatable bonds is 10. The lowest BCUT2D eigenvalue weighted by molar-refractivity contribution is -0.0499. The maximum absolute atomic E-state index is 6.34. The van der Waals surface area contributed by atoms with Gasteiger partial charge in [-0.3, -0.25) is 0 Å². The first kappa shape index (κ1) is 20.1. The van der Waals surface area contributed by atoms with Gasteiger partial charge in [-0.25, -0.2) is 0 Å². The molecule has 0 spiro atoms. The molecule has 0 aromatic heterocycles. The van der Waals surface area contributed by atoms with Crippen LogP contribution in [0, 0.1) is 0 Å². The molecule has 22 heavy (non-hydrogen) atoms. The maximum atomic E-state index is 6.34. The predicted molar refractivity (Wildman–Crippen MR) is 98.0 cm³/mol. The Morgan fingerprint density at radius 1 is 0.864 bits per heavy atom. The fraction of sp³-hybridized carbons (Fsp3) is 0.667. The lowest BCUT2D eigenvalue weighted by Gasteiger charge is -2.40. The van der Waals surface area contributed by atoms with Gasteiger partial charge in [-0.05, 0) is 18.9 Å². The van der Waals surface area contributed by atoms with Crippen molar-refractivity contribution in [1.29, 1.82) is 0 Å². The van der Waals surface area contributed by atoms with Crippen LogP contribution in [0.15, 0.2) is 30.3 Å². The molecule has 1 unspecified atom stereocenters. The van der Waals surface area contributed by atoms with Crippen LogP contribution < -0.4 is 0 Å². The van der Waals surface area contributed by atoms with Crippen molar-refractivity contribution in [3.63, 3.8) is 0 Å². The highest BCUT2D eigenvalue weighted by atomic mass is 35.6. The van der Waals surface area contributed by atoms with E-state index in [2.05, 4.69) is 6.92 Å². The second kappa shape index (κ2) is 10.0. The second-order valence-corrected chi connectivity index (χ2v) is 7.92. The minimum absolute atomic E-state index is 0.513. The quantitative estimate of drug-likeness (QED) is 0.319.